The zero-order valence-corrected chi connectivity index (χ0v) is 13.9. The number of rotatable bonds is 7. The van der Waals surface area contributed by atoms with Crippen molar-refractivity contribution >= 4 is 23.6 Å². The molecule has 0 aliphatic heterocycles. The van der Waals surface area contributed by atoms with Crippen molar-refractivity contribution in [1.82, 2.24) is 10.6 Å². The van der Waals surface area contributed by atoms with Crippen molar-refractivity contribution in [2.45, 2.75) is 32.9 Å². The molecular formula is C16H20ClN3O3. The molecule has 1 rings (SSSR count). The Morgan fingerprint density at radius 2 is 2.04 bits per heavy atom. The molecule has 0 spiro atoms. The molecule has 0 saturated heterocycles. The molecule has 0 unspecified atom stereocenters. The molecular weight excluding hydrogens is 318 g/mol. The van der Waals surface area contributed by atoms with Gasteiger partial charge in [0.15, 0.2) is 0 Å². The highest BCUT2D eigenvalue weighted by Crippen LogP contribution is 2.15. The van der Waals surface area contributed by atoms with E-state index < -0.39 is 18.0 Å². The van der Waals surface area contributed by atoms with Crippen LogP contribution in [-0.2, 0) is 16.1 Å². The van der Waals surface area contributed by atoms with E-state index in [2.05, 4.69) is 10.6 Å². The third kappa shape index (κ3) is 7.02. The summed E-state index contributed by atoms with van der Waals surface area (Å²) in [6.45, 7) is 3.77. The van der Waals surface area contributed by atoms with Crippen LogP contribution in [0.25, 0.3) is 0 Å². The number of carbonyl (C=O) groups excluding carboxylic acids is 2. The molecule has 0 radical (unpaired) electrons. The molecule has 1 aromatic rings. The maximum atomic E-state index is 11.9. The first-order valence-corrected chi connectivity index (χ1v) is 7.63. The number of halogens is 1. The van der Waals surface area contributed by atoms with Crippen LogP contribution in [-0.4, -0.2) is 24.6 Å². The average molecular weight is 338 g/mol. The van der Waals surface area contributed by atoms with Crippen molar-refractivity contribution in [3.05, 3.63) is 34.9 Å². The molecule has 23 heavy (non-hydrogen) atoms. The van der Waals surface area contributed by atoms with Crippen LogP contribution in [0.15, 0.2) is 24.3 Å². The van der Waals surface area contributed by atoms with Crippen molar-refractivity contribution in [3.63, 3.8) is 0 Å². The van der Waals surface area contributed by atoms with Gasteiger partial charge in [0, 0.05) is 10.6 Å². The number of nitrogens with zero attached hydrogens (tertiary/aromatic N) is 1. The fraction of sp³-hybridized carbons (Fsp3) is 0.438. The molecule has 0 fully saturated rings. The van der Waals surface area contributed by atoms with Crippen LogP contribution >= 0.6 is 11.6 Å². The van der Waals surface area contributed by atoms with Crippen LogP contribution in [0.4, 0.5) is 4.79 Å². The fourth-order valence-electron chi connectivity index (χ4n) is 1.90. The SMILES string of the molecule is CC(C)C[C@H](NC(=O)OCc1ccccc1Cl)C(=O)NCC#N. The zero-order chi connectivity index (χ0) is 17.2. The minimum Gasteiger partial charge on any atom is -0.445 e. The number of carbonyl (C=O) groups is 2. The van der Waals surface area contributed by atoms with Gasteiger partial charge in [0.25, 0.3) is 0 Å². The summed E-state index contributed by atoms with van der Waals surface area (Å²) in [5.74, 6) is -0.216. The predicted molar refractivity (Wildman–Crippen MR) is 86.6 cm³/mol. The summed E-state index contributed by atoms with van der Waals surface area (Å²) in [5.41, 5.74) is 0.679. The van der Waals surface area contributed by atoms with E-state index in [0.717, 1.165) is 0 Å². The third-order valence-electron chi connectivity index (χ3n) is 2.97. The second kappa shape index (κ2) is 9.70. The summed E-state index contributed by atoms with van der Waals surface area (Å²) < 4.78 is 5.10. The average Bonchev–Trinajstić information content (AvgIpc) is 2.50. The molecule has 6 nitrogen and oxygen atoms in total. The van der Waals surface area contributed by atoms with Crippen LogP contribution < -0.4 is 10.6 Å². The lowest BCUT2D eigenvalue weighted by molar-refractivity contribution is -0.123. The molecule has 0 aliphatic carbocycles. The van der Waals surface area contributed by atoms with Crippen LogP contribution in [0.1, 0.15) is 25.8 Å². The number of benzene rings is 1. The Bertz CT molecular complexity index is 584. The van der Waals surface area contributed by atoms with E-state index >= 15 is 0 Å². The molecule has 1 aromatic carbocycles. The Labute approximate surface area is 140 Å². The summed E-state index contributed by atoms with van der Waals surface area (Å²) >= 11 is 5.98. The topological polar surface area (TPSA) is 91.2 Å². The summed E-state index contributed by atoms with van der Waals surface area (Å²) in [7, 11) is 0. The monoisotopic (exact) mass is 337 g/mol. The number of amides is 2. The Morgan fingerprint density at radius 3 is 2.65 bits per heavy atom. The molecule has 1 atom stereocenters. The van der Waals surface area contributed by atoms with Crippen molar-refractivity contribution in [1.29, 1.82) is 5.26 Å². The molecule has 0 bridgehead atoms. The van der Waals surface area contributed by atoms with Crippen LogP contribution in [0.5, 0.6) is 0 Å². The number of hydrogen-bond acceptors (Lipinski definition) is 4. The van der Waals surface area contributed by atoms with Gasteiger partial charge in [0.1, 0.15) is 19.2 Å². The zero-order valence-electron chi connectivity index (χ0n) is 13.1. The first kappa shape index (κ1) is 18.8. The lowest BCUT2D eigenvalue weighted by atomic mass is 10.0. The van der Waals surface area contributed by atoms with Crippen molar-refractivity contribution < 1.29 is 14.3 Å². The van der Waals surface area contributed by atoms with Gasteiger partial charge in [-0.15, -0.1) is 0 Å². The summed E-state index contributed by atoms with van der Waals surface area (Å²) in [5, 5.41) is 14.0. The minimum atomic E-state index is -0.748. The van der Waals surface area contributed by atoms with Gasteiger partial charge >= 0.3 is 6.09 Å². The van der Waals surface area contributed by atoms with Gasteiger partial charge in [-0.05, 0) is 18.4 Å². The minimum absolute atomic E-state index is 0.0136. The number of nitriles is 1. The quantitative estimate of drug-likeness (QED) is 0.748. The van der Waals surface area contributed by atoms with Crippen LogP contribution in [0.2, 0.25) is 5.02 Å². The van der Waals surface area contributed by atoms with Crippen molar-refractivity contribution in [2.75, 3.05) is 6.54 Å². The highest BCUT2D eigenvalue weighted by Gasteiger charge is 2.22. The van der Waals surface area contributed by atoms with Crippen LogP contribution in [0.3, 0.4) is 0 Å². The lowest BCUT2D eigenvalue weighted by Crippen LogP contribution is -2.47. The van der Waals surface area contributed by atoms with E-state index in [1.54, 1.807) is 24.3 Å². The Hall–Kier alpha value is -2.26. The van der Waals surface area contributed by atoms with E-state index in [1.807, 2.05) is 19.9 Å². The maximum absolute atomic E-state index is 11.9. The van der Waals surface area contributed by atoms with Gasteiger partial charge in [-0.3, -0.25) is 4.79 Å². The maximum Gasteiger partial charge on any atom is 0.408 e. The fourth-order valence-corrected chi connectivity index (χ4v) is 2.09. The van der Waals surface area contributed by atoms with E-state index in [9.17, 15) is 9.59 Å². The Morgan fingerprint density at radius 1 is 1.35 bits per heavy atom. The molecule has 7 heteroatoms. The Balaban J connectivity index is 2.57. The van der Waals surface area contributed by atoms with E-state index in [0.29, 0.717) is 17.0 Å². The number of hydrogen-bond donors (Lipinski definition) is 2. The first-order valence-electron chi connectivity index (χ1n) is 7.25. The van der Waals surface area contributed by atoms with E-state index in [1.165, 1.54) is 0 Å². The lowest BCUT2D eigenvalue weighted by Gasteiger charge is -2.19. The normalized spacial score (nSPS) is 11.4. The van der Waals surface area contributed by atoms with Gasteiger partial charge in [-0.25, -0.2) is 4.79 Å². The predicted octanol–water partition coefficient (Wildman–Crippen LogP) is 2.62. The number of alkyl carbamates (subject to hydrolysis) is 1. The van der Waals surface area contributed by atoms with Crippen molar-refractivity contribution in [3.8, 4) is 6.07 Å². The molecule has 2 amide bonds. The van der Waals surface area contributed by atoms with Gasteiger partial charge in [0.2, 0.25) is 5.91 Å². The second-order valence-corrected chi connectivity index (χ2v) is 5.78. The van der Waals surface area contributed by atoms with Gasteiger partial charge in [-0.2, -0.15) is 5.26 Å². The highest BCUT2D eigenvalue weighted by atomic mass is 35.5. The molecule has 0 heterocycles. The molecule has 2 N–H and O–H groups in total. The first-order chi connectivity index (χ1) is 10.9. The third-order valence-corrected chi connectivity index (χ3v) is 3.34. The summed E-state index contributed by atoms with van der Waals surface area (Å²) in [6.07, 6.45) is -0.263. The molecule has 0 saturated carbocycles. The van der Waals surface area contributed by atoms with E-state index in [-0.39, 0.29) is 19.1 Å². The molecule has 124 valence electrons. The Kier molecular flexibility index (Phi) is 7.92. The van der Waals surface area contributed by atoms with Gasteiger partial charge < -0.3 is 15.4 Å². The number of ether oxygens (including phenoxy) is 1. The van der Waals surface area contributed by atoms with Gasteiger partial charge in [-0.1, -0.05) is 43.6 Å². The standard InChI is InChI=1S/C16H20ClN3O3/c1-11(2)9-14(15(21)19-8-7-18)20-16(22)23-10-12-5-3-4-6-13(12)17/h3-6,11,14H,8-10H2,1-2H3,(H,19,21)(H,20,22)/t14-/m0/s1. The molecule has 0 aliphatic rings. The van der Waals surface area contributed by atoms with E-state index in [4.69, 9.17) is 21.6 Å². The summed E-state index contributed by atoms with van der Waals surface area (Å²) in [4.78, 5) is 23.8. The highest BCUT2D eigenvalue weighted by molar-refractivity contribution is 6.31. The molecule has 0 aromatic heterocycles. The smallest absolute Gasteiger partial charge is 0.408 e. The summed E-state index contributed by atoms with van der Waals surface area (Å²) in [6, 6.07) is 8.10. The van der Waals surface area contributed by atoms with Crippen molar-refractivity contribution in [2.24, 2.45) is 5.92 Å². The largest absolute Gasteiger partial charge is 0.445 e. The van der Waals surface area contributed by atoms with Gasteiger partial charge in [0.05, 0.1) is 6.07 Å². The van der Waals surface area contributed by atoms with Crippen LogP contribution in [0, 0.1) is 17.2 Å². The number of nitrogens with one attached hydrogen (secondary N) is 2. The second-order valence-electron chi connectivity index (χ2n) is 5.37.